The van der Waals surface area contributed by atoms with E-state index < -0.39 is 10.0 Å². The van der Waals surface area contributed by atoms with Crippen LogP contribution in [0.15, 0.2) is 29.2 Å². The third kappa shape index (κ3) is 4.30. The van der Waals surface area contributed by atoms with Gasteiger partial charge >= 0.3 is 0 Å². The van der Waals surface area contributed by atoms with Crippen molar-refractivity contribution in [3.63, 3.8) is 0 Å². The molecule has 0 aliphatic heterocycles. The quantitative estimate of drug-likeness (QED) is 0.867. The van der Waals surface area contributed by atoms with Crippen LogP contribution in [0, 0.1) is 5.41 Å². The van der Waals surface area contributed by atoms with Crippen LogP contribution in [0.1, 0.15) is 33.3 Å². The first kappa shape index (κ1) is 16.1. The van der Waals surface area contributed by atoms with Crippen LogP contribution >= 0.6 is 0 Å². The zero-order valence-corrected chi connectivity index (χ0v) is 12.9. The number of rotatable bonds is 5. The van der Waals surface area contributed by atoms with Crippen molar-refractivity contribution in [2.24, 2.45) is 11.1 Å². The lowest BCUT2D eigenvalue weighted by atomic mass is 9.84. The van der Waals surface area contributed by atoms with Gasteiger partial charge in [0, 0.05) is 12.6 Å². The minimum atomic E-state index is -3.44. The van der Waals surface area contributed by atoms with E-state index in [0.29, 0.717) is 17.9 Å². The molecule has 0 amide bonds. The van der Waals surface area contributed by atoms with Gasteiger partial charge in [0.1, 0.15) is 0 Å². The van der Waals surface area contributed by atoms with Gasteiger partial charge in [-0.25, -0.2) is 13.1 Å². The molecule has 1 atom stereocenters. The topological polar surface area (TPSA) is 72.2 Å². The van der Waals surface area contributed by atoms with E-state index in [0.717, 1.165) is 5.56 Å². The van der Waals surface area contributed by atoms with Crippen molar-refractivity contribution in [2.75, 3.05) is 6.54 Å². The van der Waals surface area contributed by atoms with Gasteiger partial charge in [-0.3, -0.25) is 0 Å². The Morgan fingerprint density at radius 1 is 1.26 bits per heavy atom. The van der Waals surface area contributed by atoms with E-state index in [4.69, 9.17) is 5.73 Å². The van der Waals surface area contributed by atoms with E-state index in [-0.39, 0.29) is 11.5 Å². The lowest BCUT2D eigenvalue weighted by Crippen LogP contribution is -2.37. The maximum atomic E-state index is 12.1. The third-order valence-electron chi connectivity index (χ3n) is 3.15. The summed E-state index contributed by atoms with van der Waals surface area (Å²) >= 11 is 0. The molecule has 0 bridgehead atoms. The van der Waals surface area contributed by atoms with Crippen LogP contribution in [0.25, 0.3) is 0 Å². The second-order valence-corrected chi connectivity index (χ2v) is 7.52. The highest BCUT2D eigenvalue weighted by atomic mass is 32.2. The highest BCUT2D eigenvalue weighted by Gasteiger charge is 2.24. The van der Waals surface area contributed by atoms with Crippen LogP contribution in [0.5, 0.6) is 0 Å². The van der Waals surface area contributed by atoms with Gasteiger partial charge in [0.05, 0.1) is 4.90 Å². The van der Waals surface area contributed by atoms with Crippen molar-refractivity contribution < 1.29 is 8.42 Å². The summed E-state index contributed by atoms with van der Waals surface area (Å²) in [5, 5.41) is 0. The number of nitrogens with two attached hydrogens (primary N) is 1. The van der Waals surface area contributed by atoms with Crippen molar-refractivity contribution in [3.05, 3.63) is 29.8 Å². The predicted molar refractivity (Wildman–Crippen MR) is 78.4 cm³/mol. The van der Waals surface area contributed by atoms with Gasteiger partial charge in [-0.15, -0.1) is 0 Å². The summed E-state index contributed by atoms with van der Waals surface area (Å²) in [6, 6.07) is 6.94. The second kappa shape index (κ2) is 6.03. The number of hydrogen-bond acceptors (Lipinski definition) is 3. The van der Waals surface area contributed by atoms with Gasteiger partial charge in [0.25, 0.3) is 0 Å². The molecular formula is C14H24N2O2S. The molecule has 3 N–H and O–H groups in total. The minimum Gasteiger partial charge on any atom is -0.327 e. The molecule has 0 heterocycles. The summed E-state index contributed by atoms with van der Waals surface area (Å²) in [6.45, 7) is 8.31. The van der Waals surface area contributed by atoms with E-state index >= 15 is 0 Å². The largest absolute Gasteiger partial charge is 0.327 e. The maximum absolute atomic E-state index is 12.1. The number of sulfonamides is 1. The summed E-state index contributed by atoms with van der Waals surface area (Å²) in [5.74, 6) is 0. The van der Waals surface area contributed by atoms with E-state index in [9.17, 15) is 8.42 Å². The Kier molecular flexibility index (Phi) is 5.12. The first-order chi connectivity index (χ1) is 8.68. The lowest BCUT2D eigenvalue weighted by molar-refractivity contribution is 0.317. The molecule has 0 spiro atoms. The average Bonchev–Trinajstić information content (AvgIpc) is 2.28. The summed E-state index contributed by atoms with van der Waals surface area (Å²) in [6.07, 6.45) is 0.546. The van der Waals surface area contributed by atoms with E-state index in [1.165, 1.54) is 0 Å². The summed E-state index contributed by atoms with van der Waals surface area (Å²) in [7, 11) is -3.44. The van der Waals surface area contributed by atoms with Crippen LogP contribution in [-0.4, -0.2) is 21.0 Å². The first-order valence-electron chi connectivity index (χ1n) is 6.51. The van der Waals surface area contributed by atoms with Gasteiger partial charge in [0.15, 0.2) is 0 Å². The SMILES string of the molecule is CCNS(=O)(=O)c1ccccc1CC(N)C(C)(C)C. The van der Waals surface area contributed by atoms with Gasteiger partial charge < -0.3 is 5.73 Å². The molecule has 0 radical (unpaired) electrons. The fourth-order valence-corrected chi connectivity index (χ4v) is 3.04. The molecular weight excluding hydrogens is 260 g/mol. The third-order valence-corrected chi connectivity index (χ3v) is 4.79. The lowest BCUT2D eigenvalue weighted by Gasteiger charge is -2.27. The monoisotopic (exact) mass is 284 g/mol. The molecule has 108 valence electrons. The van der Waals surface area contributed by atoms with Gasteiger partial charge in [-0.1, -0.05) is 45.9 Å². The average molecular weight is 284 g/mol. The molecule has 0 aliphatic rings. The van der Waals surface area contributed by atoms with Gasteiger partial charge in [-0.2, -0.15) is 0 Å². The fraction of sp³-hybridized carbons (Fsp3) is 0.571. The Morgan fingerprint density at radius 3 is 2.37 bits per heavy atom. The Bertz CT molecular complexity index is 518. The zero-order chi connectivity index (χ0) is 14.7. The van der Waals surface area contributed by atoms with Crippen molar-refractivity contribution in [2.45, 2.75) is 45.1 Å². The van der Waals surface area contributed by atoms with Crippen LogP contribution in [-0.2, 0) is 16.4 Å². The number of hydrogen-bond donors (Lipinski definition) is 2. The van der Waals surface area contributed by atoms with E-state index in [2.05, 4.69) is 25.5 Å². The van der Waals surface area contributed by atoms with Crippen LogP contribution in [0.2, 0.25) is 0 Å². The van der Waals surface area contributed by atoms with Crippen LogP contribution in [0.4, 0.5) is 0 Å². The minimum absolute atomic E-state index is 0.0605. The summed E-state index contributed by atoms with van der Waals surface area (Å²) in [5.41, 5.74) is 6.86. The van der Waals surface area contributed by atoms with E-state index in [1.54, 1.807) is 19.1 Å². The molecule has 5 heteroatoms. The normalized spacial score (nSPS) is 14.4. The van der Waals surface area contributed by atoms with Crippen LogP contribution < -0.4 is 10.5 Å². The molecule has 0 aromatic heterocycles. The van der Waals surface area contributed by atoms with Crippen LogP contribution in [0.3, 0.4) is 0 Å². The number of benzene rings is 1. The van der Waals surface area contributed by atoms with Crippen molar-refractivity contribution in [1.82, 2.24) is 4.72 Å². The Balaban J connectivity index is 3.11. The molecule has 1 aromatic carbocycles. The van der Waals surface area contributed by atoms with Crippen molar-refractivity contribution in [1.29, 1.82) is 0 Å². The molecule has 4 nitrogen and oxygen atoms in total. The molecule has 1 rings (SSSR count). The predicted octanol–water partition coefficient (Wildman–Crippen LogP) is 1.90. The molecule has 19 heavy (non-hydrogen) atoms. The molecule has 0 fully saturated rings. The summed E-state index contributed by atoms with van der Waals surface area (Å²) in [4.78, 5) is 0.330. The van der Waals surface area contributed by atoms with Gasteiger partial charge in [0.2, 0.25) is 10.0 Å². The zero-order valence-electron chi connectivity index (χ0n) is 12.1. The van der Waals surface area contributed by atoms with Gasteiger partial charge in [-0.05, 0) is 23.5 Å². The number of nitrogens with one attached hydrogen (secondary N) is 1. The molecule has 1 unspecified atom stereocenters. The fourth-order valence-electron chi connectivity index (χ4n) is 1.75. The molecule has 1 aromatic rings. The second-order valence-electron chi connectivity index (χ2n) is 5.79. The summed E-state index contributed by atoms with van der Waals surface area (Å²) < 4.78 is 26.8. The van der Waals surface area contributed by atoms with E-state index in [1.807, 2.05) is 12.1 Å². The first-order valence-corrected chi connectivity index (χ1v) is 8.00. The Hall–Kier alpha value is -0.910. The maximum Gasteiger partial charge on any atom is 0.240 e. The molecule has 0 aliphatic carbocycles. The molecule has 0 saturated carbocycles. The highest BCUT2D eigenvalue weighted by Crippen LogP contribution is 2.24. The Labute approximate surface area is 116 Å². The standard InChI is InChI=1S/C14H24N2O2S/c1-5-16-19(17,18)12-9-7-6-8-11(12)10-13(15)14(2,3)4/h6-9,13,16H,5,10,15H2,1-4H3. The smallest absolute Gasteiger partial charge is 0.240 e. The highest BCUT2D eigenvalue weighted by molar-refractivity contribution is 7.89. The Morgan fingerprint density at radius 2 is 1.84 bits per heavy atom. The van der Waals surface area contributed by atoms with Crippen molar-refractivity contribution in [3.8, 4) is 0 Å². The molecule has 0 saturated heterocycles. The van der Waals surface area contributed by atoms with Crippen molar-refractivity contribution >= 4 is 10.0 Å².